The zero-order valence-corrected chi connectivity index (χ0v) is 44.5. The monoisotopic (exact) mass is 1140 g/mol. The molecule has 0 unspecified atom stereocenters. The average molecular weight is 1140 g/mol. The van der Waals surface area contributed by atoms with Gasteiger partial charge in [-0.25, -0.2) is 4.98 Å². The maximum atomic E-state index is 6.80. The summed E-state index contributed by atoms with van der Waals surface area (Å²) in [5, 5.41) is 7.67. The number of nitrogens with zero attached hydrogens (tertiary/aromatic N) is 4. The number of rotatable bonds is 2. The number of aromatic nitrogens is 4. The molecule has 10 bridgehead atoms. The summed E-state index contributed by atoms with van der Waals surface area (Å²) in [6.45, 7) is 13.6. The largest absolute Gasteiger partial charge is 0.510 e. The molecule has 5 nitrogen and oxygen atoms in total. The van der Waals surface area contributed by atoms with E-state index in [4.69, 9.17) is 9.40 Å². The van der Waals surface area contributed by atoms with Crippen LogP contribution in [0.1, 0.15) is 52.7 Å². The molecule has 0 aliphatic carbocycles. The van der Waals surface area contributed by atoms with E-state index in [0.717, 1.165) is 99.0 Å². The third-order valence-corrected chi connectivity index (χ3v) is 14.6. The molecule has 364 valence electrons. The second kappa shape index (κ2) is 18.1. The minimum atomic E-state index is -0.0315. The number of hydrogen-bond donors (Lipinski definition) is 0. The van der Waals surface area contributed by atoms with Gasteiger partial charge in [0.25, 0.3) is 0 Å². The molecule has 12 aromatic rings. The smallest absolute Gasteiger partial charge is 0.136 e. The van der Waals surface area contributed by atoms with Gasteiger partial charge in [0.05, 0.1) is 5.52 Å². The van der Waals surface area contributed by atoms with Crippen LogP contribution in [0.5, 0.6) is 0 Å². The van der Waals surface area contributed by atoms with Crippen molar-refractivity contribution in [2.45, 2.75) is 52.4 Å². The van der Waals surface area contributed by atoms with Crippen molar-refractivity contribution >= 4 is 82.1 Å². The van der Waals surface area contributed by atoms with Crippen molar-refractivity contribution in [3.05, 3.63) is 236 Å². The van der Waals surface area contributed by atoms with Gasteiger partial charge in [-0.05, 0) is 112 Å². The van der Waals surface area contributed by atoms with Crippen molar-refractivity contribution in [2.24, 2.45) is 0 Å². The molecule has 74 heavy (non-hydrogen) atoms. The van der Waals surface area contributed by atoms with E-state index < -0.39 is 0 Å². The predicted molar refractivity (Wildman–Crippen MR) is 305 cm³/mol. The summed E-state index contributed by atoms with van der Waals surface area (Å²) in [6.07, 6.45) is 2.21. The number of fused-ring (bicyclic) bond motifs is 23. The molecular formula is C68H53N4OPt-3. The predicted octanol–water partition coefficient (Wildman–Crippen LogP) is 18.1. The van der Waals surface area contributed by atoms with Crippen LogP contribution in [-0.4, -0.2) is 18.5 Å². The molecule has 0 N–H and O–H groups in total. The van der Waals surface area contributed by atoms with Crippen LogP contribution in [0.15, 0.2) is 217 Å². The fraction of sp³-hybridized carbons (Fsp3) is 0.118. The minimum absolute atomic E-state index is 0. The summed E-state index contributed by atoms with van der Waals surface area (Å²) in [5.74, 6) is 0. The number of imidazole rings is 1. The van der Waals surface area contributed by atoms with Crippen LogP contribution in [-0.2, 0) is 31.9 Å². The van der Waals surface area contributed by atoms with E-state index in [1.54, 1.807) is 0 Å². The Labute approximate surface area is 445 Å². The van der Waals surface area contributed by atoms with Gasteiger partial charge >= 0.3 is 0 Å². The van der Waals surface area contributed by atoms with E-state index in [9.17, 15) is 0 Å². The Morgan fingerprint density at radius 2 is 1.14 bits per heavy atom. The van der Waals surface area contributed by atoms with Gasteiger partial charge in [0.15, 0.2) is 0 Å². The normalized spacial score (nSPS) is 12.1. The van der Waals surface area contributed by atoms with Gasteiger partial charge in [-0.2, -0.15) is 24.3 Å². The topological polar surface area (TPSA) is 40.3 Å². The minimum Gasteiger partial charge on any atom is -0.510 e. The molecular weight excluding hydrogens is 1080 g/mol. The molecule has 1 aliphatic heterocycles. The van der Waals surface area contributed by atoms with Crippen molar-refractivity contribution in [2.75, 3.05) is 0 Å². The van der Waals surface area contributed by atoms with Crippen LogP contribution in [0.4, 0.5) is 0 Å². The molecule has 0 atom stereocenters. The second-order valence-corrected chi connectivity index (χ2v) is 21.4. The van der Waals surface area contributed by atoms with Gasteiger partial charge in [-0.1, -0.05) is 199 Å². The molecule has 0 radical (unpaired) electrons. The van der Waals surface area contributed by atoms with Crippen molar-refractivity contribution < 1.29 is 25.5 Å². The zero-order chi connectivity index (χ0) is 49.6. The summed E-state index contributed by atoms with van der Waals surface area (Å²) < 4.78 is 13.6. The van der Waals surface area contributed by atoms with Gasteiger partial charge in [0.1, 0.15) is 5.65 Å². The molecule has 13 rings (SSSR count). The maximum Gasteiger partial charge on any atom is 0.136 e. The Kier molecular flexibility index (Phi) is 11.5. The molecule has 0 fully saturated rings. The number of hydrogen-bond acceptors (Lipinski definition) is 2. The van der Waals surface area contributed by atoms with Crippen molar-refractivity contribution in [1.82, 2.24) is 18.5 Å². The number of para-hydroxylation sites is 3. The van der Waals surface area contributed by atoms with E-state index in [0.29, 0.717) is 11.2 Å². The van der Waals surface area contributed by atoms with Crippen LogP contribution >= 0.6 is 0 Å². The average Bonchev–Trinajstić information content (AvgIpc) is 3.96. The maximum absolute atomic E-state index is 6.80. The van der Waals surface area contributed by atoms with Crippen LogP contribution in [0.25, 0.3) is 116 Å². The summed E-state index contributed by atoms with van der Waals surface area (Å²) in [7, 11) is 0. The third-order valence-electron chi connectivity index (χ3n) is 14.6. The van der Waals surface area contributed by atoms with Gasteiger partial charge in [-0.15, -0.1) is 29.1 Å². The van der Waals surface area contributed by atoms with Crippen molar-refractivity contribution in [3.8, 4) is 33.6 Å². The molecule has 6 heteroatoms. The van der Waals surface area contributed by atoms with Crippen molar-refractivity contribution in [1.29, 1.82) is 0 Å². The Balaban J connectivity index is 0.00000556. The van der Waals surface area contributed by atoms with E-state index >= 15 is 0 Å². The SMILES string of the molecule is CC(C)(C)c1ccc(-c2ccc3c(c2)c2ccc4[c-]c2n3c2cccc(n2)c2cccc(c2)c2ccccc2c2cccc(-c3cccc(C(C)(C)C)c3)c2n2[cH-]n(c3[c-]c(ccc3)o4)-c3ccccc3-2)cc1.[Pt]. The Morgan fingerprint density at radius 3 is 1.95 bits per heavy atom. The van der Waals surface area contributed by atoms with Crippen LogP contribution in [0.3, 0.4) is 0 Å². The summed E-state index contributed by atoms with van der Waals surface area (Å²) in [5.41, 5.74) is 16.0. The fourth-order valence-corrected chi connectivity index (χ4v) is 10.7. The Morgan fingerprint density at radius 1 is 0.459 bits per heavy atom. The Hall–Kier alpha value is -8.11. The molecule has 0 saturated heterocycles. The summed E-state index contributed by atoms with van der Waals surface area (Å²) >= 11 is 0. The number of pyridine rings is 1. The summed E-state index contributed by atoms with van der Waals surface area (Å²) in [6, 6.07) is 81.7. The van der Waals surface area contributed by atoms with Crippen LogP contribution < -0.4 is 0 Å². The van der Waals surface area contributed by atoms with E-state index in [1.165, 1.54) is 16.7 Å². The first kappa shape index (κ1) is 46.9. The van der Waals surface area contributed by atoms with E-state index in [2.05, 4.69) is 262 Å². The molecule has 0 spiro atoms. The van der Waals surface area contributed by atoms with E-state index in [1.807, 2.05) is 18.2 Å². The van der Waals surface area contributed by atoms with Gasteiger partial charge in [-0.3, -0.25) is 0 Å². The first-order valence-electron chi connectivity index (χ1n) is 25.2. The molecule has 0 amide bonds. The molecule has 1 aliphatic rings. The first-order valence-corrected chi connectivity index (χ1v) is 25.2. The zero-order valence-electron chi connectivity index (χ0n) is 42.2. The van der Waals surface area contributed by atoms with Crippen molar-refractivity contribution in [3.63, 3.8) is 0 Å². The molecule has 4 heterocycles. The second-order valence-electron chi connectivity index (χ2n) is 21.4. The standard InChI is InChI=1S/C68H53N4O.Pt/c1-67(2,3)49-33-30-44(31-34-49)45-32-37-61-59(40-45)57-36-35-53-42-64(57)72(61)65-29-15-26-60(69-65)48-18-11-16-46(38-48)54-22-7-8-23-56(54)58-25-14-24-55(47-17-12-19-50(39-47)68(4,5)6)66(58)71-43-70(62-27-9-10-28-63(62)71)51-20-13-21-52(41-51)73-53;/h7-40,43H,1-6H3;/q-3;. The molecule has 3 aromatic heterocycles. The van der Waals surface area contributed by atoms with Crippen LogP contribution in [0, 0.1) is 12.1 Å². The third kappa shape index (κ3) is 8.17. The first-order chi connectivity index (χ1) is 35.4. The number of benzene rings is 9. The van der Waals surface area contributed by atoms with Gasteiger partial charge < -0.3 is 18.0 Å². The van der Waals surface area contributed by atoms with Gasteiger partial charge in [0.2, 0.25) is 0 Å². The van der Waals surface area contributed by atoms with E-state index in [-0.39, 0.29) is 31.9 Å². The Bertz CT molecular complexity index is 4470. The molecule has 0 saturated carbocycles. The van der Waals surface area contributed by atoms with Crippen LogP contribution in [0.2, 0.25) is 0 Å². The van der Waals surface area contributed by atoms with Gasteiger partial charge in [0, 0.05) is 49.5 Å². The fourth-order valence-electron chi connectivity index (χ4n) is 10.7. The molecule has 9 aromatic carbocycles. The quantitative estimate of drug-likeness (QED) is 0.162. The summed E-state index contributed by atoms with van der Waals surface area (Å²) in [4.78, 5) is 5.47.